The van der Waals surface area contributed by atoms with Gasteiger partial charge in [0.05, 0.1) is 11.8 Å². The van der Waals surface area contributed by atoms with Crippen LogP contribution in [0.25, 0.3) is 0 Å². The van der Waals surface area contributed by atoms with Crippen molar-refractivity contribution in [2.75, 3.05) is 18.4 Å². The maximum Gasteiger partial charge on any atom is 0.411 e. The Morgan fingerprint density at radius 2 is 2.04 bits per heavy atom. The third-order valence-corrected chi connectivity index (χ3v) is 5.58. The van der Waals surface area contributed by atoms with E-state index >= 15 is 0 Å². The summed E-state index contributed by atoms with van der Waals surface area (Å²) in [4.78, 5) is 13.7. The third-order valence-electron chi connectivity index (χ3n) is 5.58. The van der Waals surface area contributed by atoms with Crippen molar-refractivity contribution in [3.63, 3.8) is 0 Å². The predicted octanol–water partition coefficient (Wildman–Crippen LogP) is 3.88. The van der Waals surface area contributed by atoms with Crippen molar-refractivity contribution < 1.29 is 14.6 Å². The first-order valence-corrected chi connectivity index (χ1v) is 9.72. The fraction of sp³-hybridized carbons (Fsp3) is 0.409. The van der Waals surface area contributed by atoms with E-state index in [2.05, 4.69) is 34.5 Å². The predicted molar refractivity (Wildman–Crippen MR) is 105 cm³/mol. The van der Waals surface area contributed by atoms with Crippen molar-refractivity contribution >= 4 is 11.8 Å². The number of nitrogens with one attached hydrogen (secondary N) is 1. The minimum Gasteiger partial charge on any atom is -0.444 e. The van der Waals surface area contributed by atoms with E-state index < -0.39 is 12.2 Å². The van der Waals surface area contributed by atoms with E-state index in [0.29, 0.717) is 12.6 Å². The van der Waals surface area contributed by atoms with Gasteiger partial charge in [0, 0.05) is 18.2 Å². The minimum atomic E-state index is -0.552. The zero-order valence-electron chi connectivity index (χ0n) is 15.4. The second kappa shape index (κ2) is 8.11. The molecule has 5 nitrogen and oxygen atoms in total. The van der Waals surface area contributed by atoms with Gasteiger partial charge in [-0.05, 0) is 49.1 Å². The Bertz CT molecular complexity index is 793. The summed E-state index contributed by atoms with van der Waals surface area (Å²) in [5.74, 6) is 0. The second-order valence-corrected chi connectivity index (χ2v) is 7.47. The van der Waals surface area contributed by atoms with Gasteiger partial charge in [-0.15, -0.1) is 0 Å². The quantitative estimate of drug-likeness (QED) is 0.843. The SMILES string of the molecule is O=C1Nc2ccc(C(O)CN3CCCCC3Cc3ccccc3)cc2CO1. The summed E-state index contributed by atoms with van der Waals surface area (Å²) >= 11 is 0. The molecule has 0 spiro atoms. The number of benzene rings is 2. The first-order chi connectivity index (χ1) is 13.2. The van der Waals surface area contributed by atoms with Crippen LogP contribution in [0.2, 0.25) is 0 Å². The van der Waals surface area contributed by atoms with Crippen LogP contribution in [0.15, 0.2) is 48.5 Å². The van der Waals surface area contributed by atoms with Gasteiger partial charge in [0.1, 0.15) is 6.61 Å². The number of rotatable bonds is 5. The summed E-state index contributed by atoms with van der Waals surface area (Å²) in [5, 5.41) is 13.5. The van der Waals surface area contributed by atoms with Gasteiger partial charge in [0.15, 0.2) is 0 Å². The molecule has 142 valence electrons. The van der Waals surface area contributed by atoms with E-state index in [0.717, 1.165) is 29.8 Å². The number of amides is 1. The summed E-state index contributed by atoms with van der Waals surface area (Å²) in [6, 6.07) is 16.7. The van der Waals surface area contributed by atoms with Gasteiger partial charge in [-0.1, -0.05) is 42.8 Å². The van der Waals surface area contributed by atoms with Gasteiger partial charge in [-0.2, -0.15) is 0 Å². The Labute approximate surface area is 160 Å². The van der Waals surface area contributed by atoms with Gasteiger partial charge >= 0.3 is 6.09 Å². The highest BCUT2D eigenvalue weighted by Gasteiger charge is 2.26. The number of piperidine rings is 1. The van der Waals surface area contributed by atoms with Crippen molar-refractivity contribution in [1.29, 1.82) is 0 Å². The molecule has 5 heteroatoms. The molecule has 2 atom stereocenters. The van der Waals surface area contributed by atoms with Crippen LogP contribution in [0.1, 0.15) is 42.1 Å². The molecular formula is C22H26N2O3. The largest absolute Gasteiger partial charge is 0.444 e. The van der Waals surface area contributed by atoms with Crippen LogP contribution in [0, 0.1) is 0 Å². The van der Waals surface area contributed by atoms with Crippen LogP contribution in [-0.4, -0.2) is 35.2 Å². The number of aliphatic hydroxyl groups is 1. The number of likely N-dealkylation sites (tertiary alicyclic amines) is 1. The summed E-state index contributed by atoms with van der Waals surface area (Å²) in [6.45, 7) is 1.91. The molecule has 0 radical (unpaired) electrons. The molecule has 2 heterocycles. The summed E-state index contributed by atoms with van der Waals surface area (Å²) in [7, 11) is 0. The molecule has 2 aliphatic heterocycles. The van der Waals surface area contributed by atoms with Crippen molar-refractivity contribution in [1.82, 2.24) is 4.90 Å². The summed E-state index contributed by atoms with van der Waals surface area (Å²) in [5.41, 5.74) is 3.90. The lowest BCUT2D eigenvalue weighted by atomic mass is 9.94. The van der Waals surface area contributed by atoms with Crippen molar-refractivity contribution in [2.24, 2.45) is 0 Å². The van der Waals surface area contributed by atoms with Gasteiger partial charge in [-0.3, -0.25) is 10.2 Å². The highest BCUT2D eigenvalue weighted by Crippen LogP contribution is 2.28. The maximum atomic E-state index is 11.3. The molecule has 1 amide bonds. The van der Waals surface area contributed by atoms with Crippen LogP contribution in [-0.2, 0) is 17.8 Å². The number of aliphatic hydroxyl groups excluding tert-OH is 1. The number of carbonyl (C=O) groups is 1. The minimum absolute atomic E-state index is 0.252. The fourth-order valence-electron chi connectivity index (χ4n) is 4.10. The molecule has 4 rings (SSSR count). The second-order valence-electron chi connectivity index (χ2n) is 7.47. The number of anilines is 1. The topological polar surface area (TPSA) is 61.8 Å². The molecule has 0 bridgehead atoms. The lowest BCUT2D eigenvalue weighted by Gasteiger charge is -2.37. The maximum absolute atomic E-state index is 11.3. The lowest BCUT2D eigenvalue weighted by molar-refractivity contribution is 0.0669. The van der Waals surface area contributed by atoms with Gasteiger partial charge in [0.2, 0.25) is 0 Å². The zero-order valence-corrected chi connectivity index (χ0v) is 15.4. The normalized spacial score (nSPS) is 21.1. The fourth-order valence-corrected chi connectivity index (χ4v) is 4.10. The molecule has 2 N–H and O–H groups in total. The third kappa shape index (κ3) is 4.31. The Kier molecular flexibility index (Phi) is 5.41. The number of carbonyl (C=O) groups excluding carboxylic acids is 1. The van der Waals surface area contributed by atoms with Crippen LogP contribution < -0.4 is 5.32 Å². The molecule has 27 heavy (non-hydrogen) atoms. The molecule has 0 aromatic heterocycles. The van der Waals surface area contributed by atoms with Gasteiger partial charge in [-0.25, -0.2) is 4.79 Å². The van der Waals surface area contributed by atoms with Crippen LogP contribution in [0.4, 0.5) is 10.5 Å². The summed E-state index contributed by atoms with van der Waals surface area (Å²) < 4.78 is 5.03. The molecule has 0 aliphatic carbocycles. The molecular weight excluding hydrogens is 340 g/mol. The van der Waals surface area contributed by atoms with Crippen LogP contribution >= 0.6 is 0 Å². The number of hydrogen-bond donors (Lipinski definition) is 2. The van der Waals surface area contributed by atoms with Crippen molar-refractivity contribution in [3.05, 3.63) is 65.2 Å². The molecule has 2 aliphatic rings. The molecule has 2 unspecified atom stereocenters. The average molecular weight is 366 g/mol. The average Bonchev–Trinajstić information content (AvgIpc) is 2.70. The van der Waals surface area contributed by atoms with Gasteiger partial charge < -0.3 is 9.84 Å². The standard InChI is InChI=1S/C22H26N2O3/c25-21(17-9-10-20-18(13-17)15-27-22(26)23-20)14-24-11-5-4-8-19(24)12-16-6-2-1-3-7-16/h1-3,6-7,9-10,13,19,21,25H,4-5,8,11-12,14-15H2,(H,23,26). The van der Waals surface area contributed by atoms with E-state index in [1.165, 1.54) is 24.8 Å². The molecule has 1 saturated heterocycles. The molecule has 2 aromatic rings. The number of hydrogen-bond acceptors (Lipinski definition) is 4. The highest BCUT2D eigenvalue weighted by molar-refractivity contribution is 5.87. The zero-order chi connectivity index (χ0) is 18.6. The Balaban J connectivity index is 1.44. The number of cyclic esters (lactones) is 1. The van der Waals surface area contributed by atoms with Crippen molar-refractivity contribution in [3.8, 4) is 0 Å². The molecule has 0 saturated carbocycles. The first kappa shape index (κ1) is 18.0. The van der Waals surface area contributed by atoms with Crippen LogP contribution in [0.5, 0.6) is 0 Å². The molecule has 2 aromatic carbocycles. The smallest absolute Gasteiger partial charge is 0.411 e. The number of β-amino-alcohol motifs (C(OH)–C–C–N with tert-alkyl or cyclic N) is 1. The van der Waals surface area contributed by atoms with Gasteiger partial charge in [0.25, 0.3) is 0 Å². The van der Waals surface area contributed by atoms with E-state index in [1.54, 1.807) is 0 Å². The molecule has 1 fully saturated rings. The summed E-state index contributed by atoms with van der Waals surface area (Å²) in [6.07, 6.45) is 3.66. The lowest BCUT2D eigenvalue weighted by Crippen LogP contribution is -2.43. The van der Waals surface area contributed by atoms with E-state index in [9.17, 15) is 9.90 Å². The van der Waals surface area contributed by atoms with Crippen molar-refractivity contribution in [2.45, 2.75) is 44.4 Å². The van der Waals surface area contributed by atoms with E-state index in [1.807, 2.05) is 24.3 Å². The highest BCUT2D eigenvalue weighted by atomic mass is 16.5. The van der Waals surface area contributed by atoms with E-state index in [4.69, 9.17) is 4.74 Å². The number of fused-ring (bicyclic) bond motifs is 1. The number of nitrogens with zero attached hydrogens (tertiary/aromatic N) is 1. The van der Waals surface area contributed by atoms with Crippen LogP contribution in [0.3, 0.4) is 0 Å². The first-order valence-electron chi connectivity index (χ1n) is 9.72. The Morgan fingerprint density at radius 3 is 2.89 bits per heavy atom. The van der Waals surface area contributed by atoms with E-state index in [-0.39, 0.29) is 6.61 Å². The Morgan fingerprint density at radius 1 is 1.19 bits per heavy atom. The Hall–Kier alpha value is -2.37. The number of ether oxygens (including phenoxy) is 1. The monoisotopic (exact) mass is 366 g/mol.